The summed E-state index contributed by atoms with van der Waals surface area (Å²) < 4.78 is 4.90. The number of carbonyl (C=O) groups excluding carboxylic acids is 1. The fourth-order valence-electron chi connectivity index (χ4n) is 2.21. The van der Waals surface area contributed by atoms with E-state index in [1.807, 2.05) is 0 Å². The molecule has 0 rings (SSSR count). The van der Waals surface area contributed by atoms with Crippen LogP contribution in [0.5, 0.6) is 0 Å². The quantitative estimate of drug-likeness (QED) is 0.228. The molecule has 0 aliphatic rings. The maximum absolute atomic E-state index is 10.5. The Hall–Kier alpha value is -0.790. The Balaban J connectivity index is 3.05. The smallest absolute Gasteiger partial charge is 0.302 e. The number of unbranched alkanes of at least 4 members (excludes halogenated alkanes) is 10. The van der Waals surface area contributed by atoms with Crippen molar-refractivity contribution in [1.29, 1.82) is 0 Å². The van der Waals surface area contributed by atoms with Crippen LogP contribution in [0, 0.1) is 0 Å². The molecule has 20 heavy (non-hydrogen) atoms. The van der Waals surface area contributed by atoms with Crippen molar-refractivity contribution >= 4 is 5.97 Å². The molecule has 2 nitrogen and oxygen atoms in total. The summed E-state index contributed by atoms with van der Waals surface area (Å²) in [5.41, 5.74) is 0. The SMILES string of the molecule is CCCCCCC=CCCCCCCCCOC(C)=O. The summed E-state index contributed by atoms with van der Waals surface area (Å²) in [5, 5.41) is 0. The van der Waals surface area contributed by atoms with Crippen LogP contribution in [0.3, 0.4) is 0 Å². The minimum Gasteiger partial charge on any atom is -0.466 e. The predicted molar refractivity (Wildman–Crippen MR) is 86.9 cm³/mol. The average molecular weight is 282 g/mol. The van der Waals surface area contributed by atoms with E-state index in [9.17, 15) is 4.79 Å². The number of hydrogen-bond donors (Lipinski definition) is 0. The van der Waals surface area contributed by atoms with Crippen molar-refractivity contribution in [3.05, 3.63) is 12.2 Å². The highest BCUT2D eigenvalue weighted by Crippen LogP contribution is 2.08. The normalized spacial score (nSPS) is 11.1. The second-order valence-corrected chi connectivity index (χ2v) is 5.57. The zero-order chi connectivity index (χ0) is 14.9. The topological polar surface area (TPSA) is 26.3 Å². The van der Waals surface area contributed by atoms with Crippen molar-refractivity contribution in [3.8, 4) is 0 Å². The van der Waals surface area contributed by atoms with E-state index in [1.54, 1.807) is 0 Å². The highest BCUT2D eigenvalue weighted by molar-refractivity contribution is 5.65. The summed E-state index contributed by atoms with van der Waals surface area (Å²) >= 11 is 0. The van der Waals surface area contributed by atoms with Gasteiger partial charge >= 0.3 is 5.97 Å². The number of carbonyl (C=O) groups is 1. The Kier molecular flexibility index (Phi) is 15.6. The Morgan fingerprint density at radius 2 is 1.30 bits per heavy atom. The molecule has 118 valence electrons. The standard InChI is InChI=1S/C18H34O2/c1-3-4-5-6-7-8-9-10-11-12-13-14-15-16-17-20-18(2)19/h8-9H,3-7,10-17H2,1-2H3. The van der Waals surface area contributed by atoms with E-state index >= 15 is 0 Å². The van der Waals surface area contributed by atoms with Gasteiger partial charge in [0.15, 0.2) is 0 Å². The van der Waals surface area contributed by atoms with Gasteiger partial charge in [0.25, 0.3) is 0 Å². The van der Waals surface area contributed by atoms with Gasteiger partial charge in [-0.05, 0) is 32.1 Å². The molecule has 0 atom stereocenters. The van der Waals surface area contributed by atoms with E-state index in [1.165, 1.54) is 77.6 Å². The molecule has 2 heteroatoms. The Labute approximate surface area is 126 Å². The van der Waals surface area contributed by atoms with Crippen LogP contribution in [0.2, 0.25) is 0 Å². The van der Waals surface area contributed by atoms with Gasteiger partial charge in [-0.1, -0.05) is 64.0 Å². The Bertz CT molecular complexity index is 234. The zero-order valence-corrected chi connectivity index (χ0v) is 13.7. The van der Waals surface area contributed by atoms with Crippen LogP contribution in [0.25, 0.3) is 0 Å². The van der Waals surface area contributed by atoms with Crippen LogP contribution in [0.4, 0.5) is 0 Å². The lowest BCUT2D eigenvalue weighted by Crippen LogP contribution is -1.99. The summed E-state index contributed by atoms with van der Waals surface area (Å²) in [6, 6.07) is 0. The van der Waals surface area contributed by atoms with Gasteiger partial charge in [-0.3, -0.25) is 4.79 Å². The third kappa shape index (κ3) is 17.2. The molecule has 0 amide bonds. The largest absolute Gasteiger partial charge is 0.466 e. The maximum Gasteiger partial charge on any atom is 0.302 e. The van der Waals surface area contributed by atoms with Gasteiger partial charge in [0, 0.05) is 6.92 Å². The first kappa shape index (κ1) is 19.2. The summed E-state index contributed by atoms with van der Waals surface area (Å²) in [5.74, 6) is -0.161. The van der Waals surface area contributed by atoms with E-state index < -0.39 is 0 Å². The molecule has 0 aromatic rings. The van der Waals surface area contributed by atoms with Crippen LogP contribution in [-0.4, -0.2) is 12.6 Å². The fraction of sp³-hybridized carbons (Fsp3) is 0.833. The third-order valence-corrected chi connectivity index (χ3v) is 3.46. The highest BCUT2D eigenvalue weighted by Gasteiger charge is 1.93. The Morgan fingerprint density at radius 3 is 1.85 bits per heavy atom. The van der Waals surface area contributed by atoms with Gasteiger partial charge in [-0.2, -0.15) is 0 Å². The van der Waals surface area contributed by atoms with Crippen LogP contribution in [0.15, 0.2) is 12.2 Å². The predicted octanol–water partition coefficient (Wildman–Crippen LogP) is 5.81. The lowest BCUT2D eigenvalue weighted by atomic mass is 10.1. The third-order valence-electron chi connectivity index (χ3n) is 3.46. The van der Waals surface area contributed by atoms with Crippen molar-refractivity contribution in [2.24, 2.45) is 0 Å². The monoisotopic (exact) mass is 282 g/mol. The summed E-state index contributed by atoms with van der Waals surface area (Å²) in [4.78, 5) is 10.5. The lowest BCUT2D eigenvalue weighted by Gasteiger charge is -2.02. The van der Waals surface area contributed by atoms with Crippen LogP contribution in [-0.2, 0) is 9.53 Å². The fourth-order valence-corrected chi connectivity index (χ4v) is 2.21. The molecule has 0 saturated carbocycles. The number of ether oxygens (including phenoxy) is 1. The first-order valence-corrected chi connectivity index (χ1v) is 8.55. The summed E-state index contributed by atoms with van der Waals surface area (Å²) in [7, 11) is 0. The number of allylic oxidation sites excluding steroid dienone is 2. The molecule has 0 aliphatic carbocycles. The minimum absolute atomic E-state index is 0.161. The maximum atomic E-state index is 10.5. The van der Waals surface area contributed by atoms with E-state index in [-0.39, 0.29) is 5.97 Å². The molecule has 0 bridgehead atoms. The molecule has 0 fully saturated rings. The minimum atomic E-state index is -0.161. The van der Waals surface area contributed by atoms with Crippen LogP contribution in [0.1, 0.15) is 90.9 Å². The van der Waals surface area contributed by atoms with Crippen LogP contribution >= 0.6 is 0 Å². The second kappa shape index (κ2) is 16.3. The van der Waals surface area contributed by atoms with Crippen molar-refractivity contribution in [2.45, 2.75) is 90.9 Å². The summed E-state index contributed by atoms with van der Waals surface area (Å²) in [6.45, 7) is 4.32. The number of esters is 1. The molecule has 0 N–H and O–H groups in total. The average Bonchev–Trinajstić information content (AvgIpc) is 2.43. The molecule has 0 aromatic heterocycles. The van der Waals surface area contributed by atoms with Crippen molar-refractivity contribution in [3.63, 3.8) is 0 Å². The molecule has 0 unspecified atom stereocenters. The second-order valence-electron chi connectivity index (χ2n) is 5.57. The van der Waals surface area contributed by atoms with Gasteiger partial charge in [0.2, 0.25) is 0 Å². The molecule has 0 aliphatic heterocycles. The molecule has 0 spiro atoms. The van der Waals surface area contributed by atoms with E-state index in [4.69, 9.17) is 4.74 Å². The molecule has 0 saturated heterocycles. The van der Waals surface area contributed by atoms with Crippen molar-refractivity contribution in [2.75, 3.05) is 6.61 Å². The van der Waals surface area contributed by atoms with E-state index in [0.29, 0.717) is 6.61 Å². The molecular formula is C18H34O2. The Morgan fingerprint density at radius 1 is 0.800 bits per heavy atom. The van der Waals surface area contributed by atoms with E-state index in [0.717, 1.165) is 6.42 Å². The molecule has 0 radical (unpaired) electrons. The van der Waals surface area contributed by atoms with E-state index in [2.05, 4.69) is 19.1 Å². The molecular weight excluding hydrogens is 248 g/mol. The van der Waals surface area contributed by atoms with Gasteiger partial charge in [-0.25, -0.2) is 0 Å². The van der Waals surface area contributed by atoms with Gasteiger partial charge in [0.1, 0.15) is 0 Å². The van der Waals surface area contributed by atoms with Crippen molar-refractivity contribution < 1.29 is 9.53 Å². The molecule has 0 aromatic carbocycles. The van der Waals surface area contributed by atoms with Crippen molar-refractivity contribution in [1.82, 2.24) is 0 Å². The number of hydrogen-bond acceptors (Lipinski definition) is 2. The van der Waals surface area contributed by atoms with Crippen LogP contribution < -0.4 is 0 Å². The zero-order valence-electron chi connectivity index (χ0n) is 13.7. The lowest BCUT2D eigenvalue weighted by molar-refractivity contribution is -0.141. The first-order valence-electron chi connectivity index (χ1n) is 8.55. The highest BCUT2D eigenvalue weighted by atomic mass is 16.5. The van der Waals surface area contributed by atoms with Gasteiger partial charge in [-0.15, -0.1) is 0 Å². The van der Waals surface area contributed by atoms with Gasteiger partial charge < -0.3 is 4.74 Å². The summed E-state index contributed by atoms with van der Waals surface area (Å²) in [6.07, 6.45) is 20.1. The molecule has 0 heterocycles. The number of rotatable bonds is 14. The van der Waals surface area contributed by atoms with Gasteiger partial charge in [0.05, 0.1) is 6.61 Å². The first-order chi connectivity index (χ1) is 9.77.